The first-order chi connectivity index (χ1) is 13.7. The summed E-state index contributed by atoms with van der Waals surface area (Å²) in [5.41, 5.74) is 10.0. The number of fused-ring (bicyclic) bond motifs is 1. The van der Waals surface area contributed by atoms with Gasteiger partial charge in [0.05, 0.1) is 11.2 Å². The van der Waals surface area contributed by atoms with Crippen molar-refractivity contribution in [3.05, 3.63) is 95.8 Å². The maximum absolute atomic E-state index is 12.7. The number of nitrogen functional groups attached to an aromatic ring is 1. The number of benzene rings is 2. The predicted molar refractivity (Wildman–Crippen MR) is 112 cm³/mol. The highest BCUT2D eigenvalue weighted by Crippen LogP contribution is 2.17. The zero-order chi connectivity index (χ0) is 19.3. The zero-order valence-electron chi connectivity index (χ0n) is 15.3. The number of carbonyl (C=O) groups excluding carboxylic acids is 1. The number of Topliss-reactive ketones (excluding diaryl/α,β-unsaturated/α-hetero) is 1. The van der Waals surface area contributed by atoms with Crippen LogP contribution in [0, 0.1) is 0 Å². The Hall–Kier alpha value is -3.73. The summed E-state index contributed by atoms with van der Waals surface area (Å²) < 4.78 is 0. The third kappa shape index (κ3) is 3.99. The van der Waals surface area contributed by atoms with Crippen LogP contribution in [0.4, 0.5) is 11.5 Å². The van der Waals surface area contributed by atoms with Gasteiger partial charge in [0, 0.05) is 24.5 Å². The van der Waals surface area contributed by atoms with Crippen molar-refractivity contribution in [2.45, 2.75) is 13.0 Å². The van der Waals surface area contributed by atoms with Gasteiger partial charge in [-0.15, -0.1) is 0 Å². The van der Waals surface area contributed by atoms with E-state index in [2.05, 4.69) is 15.3 Å². The van der Waals surface area contributed by atoms with Gasteiger partial charge in [-0.2, -0.15) is 0 Å². The molecule has 0 fully saturated rings. The van der Waals surface area contributed by atoms with Gasteiger partial charge in [-0.3, -0.25) is 4.79 Å². The van der Waals surface area contributed by atoms with Gasteiger partial charge < -0.3 is 11.1 Å². The minimum absolute atomic E-state index is 0.00682. The molecule has 2 aromatic carbocycles. The normalized spacial score (nSPS) is 10.7. The maximum Gasteiger partial charge on any atom is 0.185 e. The fourth-order valence-corrected chi connectivity index (χ4v) is 3.11. The van der Waals surface area contributed by atoms with E-state index in [1.165, 1.54) is 0 Å². The lowest BCUT2D eigenvalue weighted by Gasteiger charge is -2.09. The van der Waals surface area contributed by atoms with Gasteiger partial charge in [-0.05, 0) is 35.4 Å². The smallest absolute Gasteiger partial charge is 0.185 e. The number of hydrogen-bond donors (Lipinski definition) is 2. The lowest BCUT2D eigenvalue weighted by Crippen LogP contribution is -2.07. The summed E-state index contributed by atoms with van der Waals surface area (Å²) in [6.45, 7) is 0.603. The van der Waals surface area contributed by atoms with Crippen molar-refractivity contribution in [3.8, 4) is 0 Å². The Balaban J connectivity index is 1.46. The van der Waals surface area contributed by atoms with E-state index in [1.54, 1.807) is 12.3 Å². The van der Waals surface area contributed by atoms with Crippen molar-refractivity contribution >= 4 is 28.2 Å². The van der Waals surface area contributed by atoms with Crippen molar-refractivity contribution in [1.29, 1.82) is 0 Å². The molecule has 2 heterocycles. The average molecular weight is 368 g/mol. The van der Waals surface area contributed by atoms with Crippen molar-refractivity contribution in [2.75, 3.05) is 11.1 Å². The third-order valence-corrected chi connectivity index (χ3v) is 4.56. The molecule has 0 aliphatic carbocycles. The summed E-state index contributed by atoms with van der Waals surface area (Å²) in [5, 5.41) is 4.31. The summed E-state index contributed by atoms with van der Waals surface area (Å²) in [7, 11) is 0. The molecule has 4 aromatic rings. The first kappa shape index (κ1) is 17.7. The van der Waals surface area contributed by atoms with E-state index in [1.807, 2.05) is 66.7 Å². The van der Waals surface area contributed by atoms with Crippen molar-refractivity contribution in [3.63, 3.8) is 0 Å². The highest BCUT2D eigenvalue weighted by atomic mass is 16.1. The molecule has 0 saturated heterocycles. The lowest BCUT2D eigenvalue weighted by molar-refractivity contribution is 0.0988. The molecule has 4 rings (SSSR count). The minimum Gasteiger partial charge on any atom is -0.382 e. The molecule has 0 saturated carbocycles. The van der Waals surface area contributed by atoms with Crippen LogP contribution >= 0.6 is 0 Å². The SMILES string of the molecule is Nc1ncccc1NCc1cccc(CC(=O)c2ccc3ccccc3n2)c1. The molecule has 0 spiro atoms. The summed E-state index contributed by atoms with van der Waals surface area (Å²) in [4.78, 5) is 21.3. The molecule has 0 amide bonds. The van der Waals surface area contributed by atoms with E-state index in [-0.39, 0.29) is 5.78 Å². The highest BCUT2D eigenvalue weighted by Gasteiger charge is 2.10. The second kappa shape index (κ2) is 7.88. The van der Waals surface area contributed by atoms with Gasteiger partial charge >= 0.3 is 0 Å². The molecule has 0 unspecified atom stereocenters. The number of nitrogens with zero attached hydrogens (tertiary/aromatic N) is 2. The fraction of sp³-hybridized carbons (Fsp3) is 0.0870. The number of nitrogens with one attached hydrogen (secondary N) is 1. The number of anilines is 2. The molecule has 0 radical (unpaired) electrons. The van der Waals surface area contributed by atoms with Crippen molar-refractivity contribution in [2.24, 2.45) is 0 Å². The van der Waals surface area contributed by atoms with Crippen LogP contribution in [-0.4, -0.2) is 15.8 Å². The van der Waals surface area contributed by atoms with Crippen LogP contribution in [-0.2, 0) is 13.0 Å². The molecule has 0 bridgehead atoms. The lowest BCUT2D eigenvalue weighted by atomic mass is 10.0. The largest absolute Gasteiger partial charge is 0.382 e. The highest BCUT2D eigenvalue weighted by molar-refractivity contribution is 5.97. The van der Waals surface area contributed by atoms with Crippen LogP contribution in [0.15, 0.2) is 79.0 Å². The van der Waals surface area contributed by atoms with E-state index in [0.717, 1.165) is 27.7 Å². The van der Waals surface area contributed by atoms with Gasteiger partial charge in [0.1, 0.15) is 11.5 Å². The first-order valence-corrected chi connectivity index (χ1v) is 9.10. The number of aromatic nitrogens is 2. The molecule has 0 atom stereocenters. The van der Waals surface area contributed by atoms with Gasteiger partial charge in [-0.25, -0.2) is 9.97 Å². The summed E-state index contributed by atoms with van der Waals surface area (Å²) in [6, 6.07) is 23.2. The Morgan fingerprint density at radius 3 is 2.68 bits per heavy atom. The van der Waals surface area contributed by atoms with Crippen molar-refractivity contribution in [1.82, 2.24) is 9.97 Å². The van der Waals surface area contributed by atoms with E-state index >= 15 is 0 Å². The number of nitrogens with two attached hydrogens (primary N) is 1. The molecule has 5 heteroatoms. The predicted octanol–water partition coefficient (Wildman–Crippen LogP) is 4.25. The Morgan fingerprint density at radius 1 is 0.929 bits per heavy atom. The molecule has 0 aliphatic rings. The first-order valence-electron chi connectivity index (χ1n) is 9.10. The van der Waals surface area contributed by atoms with E-state index < -0.39 is 0 Å². The third-order valence-electron chi connectivity index (χ3n) is 4.56. The molecule has 28 heavy (non-hydrogen) atoms. The quantitative estimate of drug-likeness (QED) is 0.497. The van der Waals surface area contributed by atoms with Crippen LogP contribution in [0.1, 0.15) is 21.6 Å². The molecular formula is C23H20N4O. The number of hydrogen-bond acceptors (Lipinski definition) is 5. The standard InChI is InChI=1S/C23H20N4O/c24-23-21(9-4-12-25-23)26-15-17-6-3-5-16(13-17)14-22(28)20-11-10-18-7-1-2-8-19(18)27-20/h1-13,26H,14-15H2,(H2,24,25). The van der Waals surface area contributed by atoms with Gasteiger partial charge in [0.25, 0.3) is 0 Å². The molecule has 0 aliphatic heterocycles. The molecule has 5 nitrogen and oxygen atoms in total. The molecule has 2 aromatic heterocycles. The zero-order valence-corrected chi connectivity index (χ0v) is 15.3. The molecular weight excluding hydrogens is 348 g/mol. The Labute approximate surface area is 163 Å². The van der Waals surface area contributed by atoms with Gasteiger partial charge in [0.2, 0.25) is 0 Å². The van der Waals surface area contributed by atoms with E-state index in [9.17, 15) is 4.79 Å². The Kier molecular flexibility index (Phi) is 4.97. The number of carbonyl (C=O) groups is 1. The summed E-state index contributed by atoms with van der Waals surface area (Å²) in [6.07, 6.45) is 1.97. The minimum atomic E-state index is 0.00682. The second-order valence-electron chi connectivity index (χ2n) is 6.60. The van der Waals surface area contributed by atoms with Crippen molar-refractivity contribution < 1.29 is 4.79 Å². The topological polar surface area (TPSA) is 80.9 Å². The molecule has 138 valence electrons. The fourth-order valence-electron chi connectivity index (χ4n) is 3.11. The average Bonchev–Trinajstić information content (AvgIpc) is 2.73. The number of pyridine rings is 2. The summed E-state index contributed by atoms with van der Waals surface area (Å²) in [5.74, 6) is 0.476. The maximum atomic E-state index is 12.7. The van der Waals surface area contributed by atoms with E-state index in [0.29, 0.717) is 24.5 Å². The number of ketones is 1. The van der Waals surface area contributed by atoms with Gasteiger partial charge in [0.15, 0.2) is 5.78 Å². The number of para-hydroxylation sites is 1. The number of rotatable bonds is 6. The monoisotopic (exact) mass is 368 g/mol. The molecule has 3 N–H and O–H groups in total. The van der Waals surface area contributed by atoms with Crippen LogP contribution < -0.4 is 11.1 Å². The second-order valence-corrected chi connectivity index (χ2v) is 6.60. The van der Waals surface area contributed by atoms with E-state index in [4.69, 9.17) is 5.73 Å². The van der Waals surface area contributed by atoms with Crippen LogP contribution in [0.3, 0.4) is 0 Å². The van der Waals surface area contributed by atoms with Crippen LogP contribution in [0.5, 0.6) is 0 Å². The summed E-state index contributed by atoms with van der Waals surface area (Å²) >= 11 is 0. The van der Waals surface area contributed by atoms with Gasteiger partial charge in [-0.1, -0.05) is 48.5 Å². The Bertz CT molecular complexity index is 1140. The van der Waals surface area contributed by atoms with Crippen LogP contribution in [0.25, 0.3) is 10.9 Å². The Morgan fingerprint density at radius 2 is 1.79 bits per heavy atom. The van der Waals surface area contributed by atoms with Crippen LogP contribution in [0.2, 0.25) is 0 Å².